The van der Waals surface area contributed by atoms with Crippen LogP contribution >= 0.6 is 11.3 Å². The van der Waals surface area contributed by atoms with E-state index in [1.807, 2.05) is 11.3 Å². The summed E-state index contributed by atoms with van der Waals surface area (Å²) in [5.74, 6) is 0.329. The molecule has 174 valence electrons. The van der Waals surface area contributed by atoms with E-state index >= 15 is 0 Å². The first-order valence-electron chi connectivity index (χ1n) is 11.4. The molecule has 2 atom stereocenters. The summed E-state index contributed by atoms with van der Waals surface area (Å²) in [6.45, 7) is 7.30. The summed E-state index contributed by atoms with van der Waals surface area (Å²) in [5.41, 5.74) is 1.36. The number of fused-ring (bicyclic) bond motifs is 2. The molecule has 0 aromatic carbocycles. The van der Waals surface area contributed by atoms with Gasteiger partial charge in [-0.05, 0) is 56.6 Å². The number of thiophene rings is 1. The lowest BCUT2D eigenvalue weighted by molar-refractivity contribution is -0.122. The molecular weight excluding hydrogens is 434 g/mol. The zero-order chi connectivity index (χ0) is 22.2. The third-order valence-electron chi connectivity index (χ3n) is 7.05. The topological polar surface area (TPSA) is 87.7 Å². The molecule has 0 bridgehead atoms. The Balaban J connectivity index is 1.25. The fourth-order valence-corrected chi connectivity index (χ4v) is 6.93. The number of carbonyl (C=O) groups is 1. The van der Waals surface area contributed by atoms with Crippen molar-refractivity contribution in [2.75, 3.05) is 32.5 Å². The Morgan fingerprint density at radius 1 is 1.39 bits per heavy atom. The zero-order valence-electron chi connectivity index (χ0n) is 18.8. The Labute approximate surface area is 190 Å². The molecule has 0 unspecified atom stereocenters. The summed E-state index contributed by atoms with van der Waals surface area (Å²) in [7, 11) is -3.34. The van der Waals surface area contributed by atoms with Gasteiger partial charge in [-0.3, -0.25) is 4.79 Å². The van der Waals surface area contributed by atoms with Crippen LogP contribution in [0.5, 0.6) is 0 Å². The summed E-state index contributed by atoms with van der Waals surface area (Å²) in [6, 6.07) is 3.03. The van der Waals surface area contributed by atoms with Crippen molar-refractivity contribution in [2.45, 2.75) is 70.1 Å². The number of rotatable bonds is 7. The predicted molar refractivity (Wildman–Crippen MR) is 123 cm³/mol. The number of aryl methyl sites for hydroxylation is 1. The Hall–Kier alpha value is -1.00. The SMILES string of the molecule is CCc1cc2c(s1)CCO[C@@]21CCN(C[C@H]2C[C@@H](NC(=O)CNS(C)(=O)=O)C2)[C@@H](C)C1. The highest BCUT2D eigenvalue weighted by atomic mass is 32.2. The van der Waals surface area contributed by atoms with Crippen molar-refractivity contribution < 1.29 is 17.9 Å². The molecule has 1 spiro atoms. The van der Waals surface area contributed by atoms with Crippen LogP contribution in [0, 0.1) is 5.92 Å². The maximum Gasteiger partial charge on any atom is 0.235 e. The van der Waals surface area contributed by atoms with Gasteiger partial charge in [-0.1, -0.05) is 6.92 Å². The number of nitrogens with zero attached hydrogens (tertiary/aromatic N) is 1. The first kappa shape index (κ1) is 23.2. The minimum Gasteiger partial charge on any atom is -0.370 e. The van der Waals surface area contributed by atoms with Gasteiger partial charge in [0, 0.05) is 41.3 Å². The Morgan fingerprint density at radius 3 is 2.84 bits per heavy atom. The average Bonchev–Trinajstić information content (AvgIpc) is 3.11. The number of ether oxygens (including phenoxy) is 1. The molecule has 1 amide bonds. The predicted octanol–water partition coefficient (Wildman–Crippen LogP) is 2.01. The number of amides is 1. The number of likely N-dealkylation sites (tertiary alicyclic amines) is 1. The number of carbonyl (C=O) groups excluding carboxylic acids is 1. The fourth-order valence-electron chi connectivity index (χ4n) is 5.36. The first-order chi connectivity index (χ1) is 14.7. The van der Waals surface area contributed by atoms with Gasteiger partial charge in [0.15, 0.2) is 0 Å². The number of piperidine rings is 1. The molecule has 1 saturated heterocycles. The van der Waals surface area contributed by atoms with Crippen LogP contribution in [0.4, 0.5) is 0 Å². The minimum absolute atomic E-state index is 0.101. The maximum atomic E-state index is 11.9. The number of hydrogen-bond acceptors (Lipinski definition) is 6. The molecule has 2 N–H and O–H groups in total. The van der Waals surface area contributed by atoms with Gasteiger partial charge in [-0.15, -0.1) is 11.3 Å². The normalized spacial score (nSPS) is 31.3. The Bertz CT molecular complexity index is 910. The van der Waals surface area contributed by atoms with E-state index in [2.05, 4.69) is 34.9 Å². The lowest BCUT2D eigenvalue weighted by atomic mass is 9.76. The van der Waals surface area contributed by atoms with E-state index in [0.717, 1.165) is 64.5 Å². The molecule has 1 saturated carbocycles. The van der Waals surface area contributed by atoms with E-state index in [1.165, 1.54) is 15.3 Å². The molecule has 4 rings (SSSR count). The largest absolute Gasteiger partial charge is 0.370 e. The highest BCUT2D eigenvalue weighted by Gasteiger charge is 2.45. The molecule has 0 radical (unpaired) electrons. The molecular formula is C22H35N3O4S2. The van der Waals surface area contributed by atoms with Crippen LogP contribution in [-0.2, 0) is 38.0 Å². The number of hydrogen-bond donors (Lipinski definition) is 2. The van der Waals surface area contributed by atoms with Crippen molar-refractivity contribution >= 4 is 27.3 Å². The molecule has 1 aromatic heterocycles. The molecule has 3 aliphatic rings. The molecule has 7 nitrogen and oxygen atoms in total. The van der Waals surface area contributed by atoms with E-state index in [4.69, 9.17) is 4.74 Å². The Morgan fingerprint density at radius 2 is 2.16 bits per heavy atom. The second kappa shape index (κ2) is 9.09. The van der Waals surface area contributed by atoms with E-state index in [-0.39, 0.29) is 24.1 Å². The van der Waals surface area contributed by atoms with Gasteiger partial charge >= 0.3 is 0 Å². The van der Waals surface area contributed by atoms with Crippen LogP contribution < -0.4 is 10.0 Å². The average molecular weight is 470 g/mol. The molecule has 1 aromatic rings. The van der Waals surface area contributed by atoms with Gasteiger partial charge in [0.1, 0.15) is 0 Å². The third kappa shape index (κ3) is 5.33. The summed E-state index contributed by atoms with van der Waals surface area (Å²) in [4.78, 5) is 17.5. The maximum absolute atomic E-state index is 11.9. The highest BCUT2D eigenvalue weighted by Crippen LogP contribution is 2.46. The van der Waals surface area contributed by atoms with Crippen molar-refractivity contribution in [3.8, 4) is 0 Å². The van der Waals surface area contributed by atoms with Gasteiger partial charge in [0.05, 0.1) is 25.0 Å². The monoisotopic (exact) mass is 469 g/mol. The van der Waals surface area contributed by atoms with Crippen LogP contribution in [-0.4, -0.2) is 63.8 Å². The van der Waals surface area contributed by atoms with Crippen LogP contribution in [0.3, 0.4) is 0 Å². The quantitative estimate of drug-likeness (QED) is 0.638. The number of sulfonamides is 1. The third-order valence-corrected chi connectivity index (χ3v) is 9.05. The summed E-state index contributed by atoms with van der Waals surface area (Å²) in [5, 5.41) is 2.93. The molecule has 31 heavy (non-hydrogen) atoms. The van der Waals surface area contributed by atoms with Crippen molar-refractivity contribution in [2.24, 2.45) is 5.92 Å². The molecule has 9 heteroatoms. The van der Waals surface area contributed by atoms with E-state index < -0.39 is 10.0 Å². The van der Waals surface area contributed by atoms with Crippen molar-refractivity contribution in [1.82, 2.24) is 14.9 Å². The van der Waals surface area contributed by atoms with Gasteiger partial charge in [-0.2, -0.15) is 0 Å². The smallest absolute Gasteiger partial charge is 0.235 e. The van der Waals surface area contributed by atoms with Crippen LogP contribution in [0.1, 0.15) is 54.8 Å². The minimum atomic E-state index is -3.34. The van der Waals surface area contributed by atoms with Crippen molar-refractivity contribution in [3.63, 3.8) is 0 Å². The van der Waals surface area contributed by atoms with E-state index in [9.17, 15) is 13.2 Å². The van der Waals surface area contributed by atoms with Gasteiger partial charge in [0.2, 0.25) is 15.9 Å². The highest BCUT2D eigenvalue weighted by molar-refractivity contribution is 7.88. The van der Waals surface area contributed by atoms with Crippen molar-refractivity contribution in [3.05, 3.63) is 21.4 Å². The van der Waals surface area contributed by atoms with E-state index in [1.54, 1.807) is 0 Å². The second-order valence-electron chi connectivity index (χ2n) is 9.49. The first-order valence-corrected chi connectivity index (χ1v) is 14.1. The fraction of sp³-hybridized carbons (Fsp3) is 0.773. The van der Waals surface area contributed by atoms with Gasteiger partial charge < -0.3 is 15.0 Å². The molecule has 2 aliphatic heterocycles. The molecule has 3 heterocycles. The Kier molecular flexibility index (Phi) is 6.80. The van der Waals surface area contributed by atoms with E-state index in [0.29, 0.717) is 12.0 Å². The van der Waals surface area contributed by atoms with Crippen molar-refractivity contribution in [1.29, 1.82) is 0 Å². The molecule has 2 fully saturated rings. The summed E-state index contributed by atoms with van der Waals surface area (Å²) >= 11 is 1.97. The number of nitrogens with one attached hydrogen (secondary N) is 2. The van der Waals surface area contributed by atoms with Crippen LogP contribution in [0.25, 0.3) is 0 Å². The lowest BCUT2D eigenvalue weighted by Gasteiger charge is -2.49. The van der Waals surface area contributed by atoms with Gasteiger partial charge in [-0.25, -0.2) is 13.1 Å². The zero-order valence-corrected chi connectivity index (χ0v) is 20.4. The summed E-state index contributed by atoms with van der Waals surface area (Å²) in [6.07, 6.45) is 7.23. The van der Waals surface area contributed by atoms with Crippen LogP contribution in [0.2, 0.25) is 0 Å². The van der Waals surface area contributed by atoms with Gasteiger partial charge in [0.25, 0.3) is 0 Å². The lowest BCUT2D eigenvalue weighted by Crippen LogP contribution is -2.54. The van der Waals surface area contributed by atoms with Crippen LogP contribution in [0.15, 0.2) is 6.07 Å². The summed E-state index contributed by atoms with van der Waals surface area (Å²) < 4.78 is 30.9. The standard InChI is InChI=1S/C22H35N3O4S2/c1-4-18-11-19-20(30-18)5-8-29-22(19)6-7-25(15(2)12-22)14-16-9-17(10-16)24-21(26)13-23-31(3,27)28/h11,15-17,23H,4-10,12-14H2,1-3H3,(H,24,26)/t15-,16-,17+,22+/m0/s1. The molecule has 1 aliphatic carbocycles. The second-order valence-corrected chi connectivity index (χ2v) is 12.5.